The third-order valence-electron chi connectivity index (χ3n) is 3.60. The molecule has 1 fully saturated rings. The van der Waals surface area contributed by atoms with Crippen LogP contribution in [0.3, 0.4) is 0 Å². The molecule has 1 N–H and O–H groups in total. The lowest BCUT2D eigenvalue weighted by Gasteiger charge is -2.27. The summed E-state index contributed by atoms with van der Waals surface area (Å²) in [5, 5.41) is 3.26. The summed E-state index contributed by atoms with van der Waals surface area (Å²) >= 11 is 3.59. The first-order valence-electron chi connectivity index (χ1n) is 6.96. The van der Waals surface area contributed by atoms with Crippen molar-refractivity contribution in [2.75, 3.05) is 26.2 Å². The number of aryl methyl sites for hydroxylation is 2. The summed E-state index contributed by atoms with van der Waals surface area (Å²) in [6, 6.07) is 6.42. The first-order valence-corrected chi connectivity index (χ1v) is 7.76. The van der Waals surface area contributed by atoms with Gasteiger partial charge in [-0.1, -0.05) is 35.0 Å². The average Bonchev–Trinajstić information content (AvgIpc) is 2.46. The number of halogens is 1. The van der Waals surface area contributed by atoms with Gasteiger partial charge in [-0.25, -0.2) is 0 Å². The molecular weight excluding hydrogens is 304 g/mol. The highest BCUT2D eigenvalue weighted by molar-refractivity contribution is 9.10. The molecule has 0 radical (unpaired) electrons. The van der Waals surface area contributed by atoms with E-state index in [9.17, 15) is 4.79 Å². The highest BCUT2D eigenvalue weighted by Crippen LogP contribution is 2.20. The molecule has 4 heteroatoms. The van der Waals surface area contributed by atoms with E-state index in [1.165, 1.54) is 11.1 Å². The molecule has 104 valence electrons. The van der Waals surface area contributed by atoms with E-state index in [4.69, 9.17) is 0 Å². The van der Waals surface area contributed by atoms with Crippen LogP contribution in [0.15, 0.2) is 22.7 Å². The standard InChI is InChI=1S/C15H21BrN2O/c1-2-13-5-3-12(11-14(13)16)4-6-15(19)18-9-7-17-8-10-18/h3,5,11,17H,2,4,6-10H2,1H3. The topological polar surface area (TPSA) is 32.3 Å². The molecule has 0 unspecified atom stereocenters. The van der Waals surface area contributed by atoms with Gasteiger partial charge >= 0.3 is 0 Å². The quantitative estimate of drug-likeness (QED) is 0.922. The van der Waals surface area contributed by atoms with Gasteiger partial charge < -0.3 is 10.2 Å². The van der Waals surface area contributed by atoms with Gasteiger partial charge in [0.1, 0.15) is 0 Å². The number of carbonyl (C=O) groups excluding carboxylic acids is 1. The van der Waals surface area contributed by atoms with Crippen molar-refractivity contribution in [1.82, 2.24) is 10.2 Å². The summed E-state index contributed by atoms with van der Waals surface area (Å²) in [5.41, 5.74) is 2.55. The van der Waals surface area contributed by atoms with Crippen LogP contribution in [0.2, 0.25) is 0 Å². The Morgan fingerprint density at radius 2 is 2.11 bits per heavy atom. The van der Waals surface area contributed by atoms with Gasteiger partial charge in [-0.15, -0.1) is 0 Å². The molecule has 0 spiro atoms. The Morgan fingerprint density at radius 3 is 2.74 bits per heavy atom. The zero-order valence-electron chi connectivity index (χ0n) is 11.4. The lowest BCUT2D eigenvalue weighted by atomic mass is 10.1. The summed E-state index contributed by atoms with van der Waals surface area (Å²) in [7, 11) is 0. The smallest absolute Gasteiger partial charge is 0.222 e. The minimum absolute atomic E-state index is 0.275. The first-order chi connectivity index (χ1) is 9.20. The molecule has 0 atom stereocenters. The molecule has 1 aromatic rings. The number of carbonyl (C=O) groups is 1. The maximum absolute atomic E-state index is 12.1. The van der Waals surface area contributed by atoms with Crippen molar-refractivity contribution in [2.24, 2.45) is 0 Å². The molecule has 0 saturated carbocycles. The van der Waals surface area contributed by atoms with Crippen molar-refractivity contribution < 1.29 is 4.79 Å². The highest BCUT2D eigenvalue weighted by Gasteiger charge is 2.15. The second kappa shape index (κ2) is 7.06. The zero-order chi connectivity index (χ0) is 13.7. The second-order valence-electron chi connectivity index (χ2n) is 4.91. The summed E-state index contributed by atoms with van der Waals surface area (Å²) in [5.74, 6) is 0.275. The lowest BCUT2D eigenvalue weighted by Crippen LogP contribution is -2.46. The van der Waals surface area contributed by atoms with Crippen LogP contribution >= 0.6 is 15.9 Å². The third kappa shape index (κ3) is 4.05. The molecule has 1 aromatic carbocycles. The van der Waals surface area contributed by atoms with Crippen LogP contribution in [-0.2, 0) is 17.6 Å². The predicted octanol–water partition coefficient (Wildman–Crippen LogP) is 2.38. The first kappa shape index (κ1) is 14.5. The summed E-state index contributed by atoms with van der Waals surface area (Å²) in [6.45, 7) is 5.67. The molecule has 19 heavy (non-hydrogen) atoms. The van der Waals surface area contributed by atoms with E-state index in [-0.39, 0.29) is 5.91 Å². The van der Waals surface area contributed by atoms with Crippen molar-refractivity contribution in [3.05, 3.63) is 33.8 Å². The number of benzene rings is 1. The van der Waals surface area contributed by atoms with Crippen LogP contribution < -0.4 is 5.32 Å². The van der Waals surface area contributed by atoms with Gasteiger partial charge in [0.2, 0.25) is 5.91 Å². The normalized spacial score (nSPS) is 15.6. The number of nitrogens with one attached hydrogen (secondary N) is 1. The van der Waals surface area contributed by atoms with Gasteiger partial charge in [-0.3, -0.25) is 4.79 Å². The van der Waals surface area contributed by atoms with Crippen molar-refractivity contribution in [1.29, 1.82) is 0 Å². The molecular formula is C15H21BrN2O. The molecule has 0 aromatic heterocycles. The fraction of sp³-hybridized carbons (Fsp3) is 0.533. The van der Waals surface area contributed by atoms with E-state index in [0.717, 1.165) is 43.5 Å². The molecule has 1 aliphatic heterocycles. The number of hydrogen-bond donors (Lipinski definition) is 1. The van der Waals surface area contributed by atoms with Gasteiger partial charge in [-0.05, 0) is 30.0 Å². The minimum Gasteiger partial charge on any atom is -0.340 e. The summed E-state index contributed by atoms with van der Waals surface area (Å²) < 4.78 is 1.15. The Kier molecular flexibility index (Phi) is 5.40. The predicted molar refractivity (Wildman–Crippen MR) is 81.3 cm³/mol. The van der Waals surface area contributed by atoms with Crippen LogP contribution in [0.25, 0.3) is 0 Å². The number of nitrogens with zero attached hydrogens (tertiary/aromatic N) is 1. The lowest BCUT2D eigenvalue weighted by molar-refractivity contribution is -0.131. The summed E-state index contributed by atoms with van der Waals surface area (Å²) in [6.07, 6.45) is 2.46. The molecule has 1 aliphatic rings. The van der Waals surface area contributed by atoms with Crippen molar-refractivity contribution in [2.45, 2.75) is 26.2 Å². The average molecular weight is 325 g/mol. The molecule has 2 rings (SSSR count). The highest BCUT2D eigenvalue weighted by atomic mass is 79.9. The van der Waals surface area contributed by atoms with E-state index in [1.54, 1.807) is 0 Å². The maximum Gasteiger partial charge on any atom is 0.222 e. The third-order valence-corrected chi connectivity index (χ3v) is 4.33. The number of amides is 1. The van der Waals surface area contributed by atoms with E-state index in [2.05, 4.69) is 46.4 Å². The maximum atomic E-state index is 12.1. The van der Waals surface area contributed by atoms with E-state index < -0.39 is 0 Å². The van der Waals surface area contributed by atoms with Gasteiger partial charge in [0.25, 0.3) is 0 Å². The molecule has 0 aliphatic carbocycles. The molecule has 0 bridgehead atoms. The Hall–Kier alpha value is -0.870. The van der Waals surface area contributed by atoms with Gasteiger partial charge in [0.15, 0.2) is 0 Å². The number of rotatable bonds is 4. The van der Waals surface area contributed by atoms with Gasteiger partial charge in [0, 0.05) is 37.1 Å². The van der Waals surface area contributed by atoms with E-state index in [0.29, 0.717) is 6.42 Å². The Morgan fingerprint density at radius 1 is 1.37 bits per heavy atom. The Bertz CT molecular complexity index is 442. The zero-order valence-corrected chi connectivity index (χ0v) is 13.0. The van der Waals surface area contributed by atoms with E-state index >= 15 is 0 Å². The Labute approximate surface area is 123 Å². The molecule has 1 saturated heterocycles. The van der Waals surface area contributed by atoms with Crippen molar-refractivity contribution in [3.63, 3.8) is 0 Å². The van der Waals surface area contributed by atoms with Crippen LogP contribution in [0, 0.1) is 0 Å². The SMILES string of the molecule is CCc1ccc(CCC(=O)N2CCNCC2)cc1Br. The minimum atomic E-state index is 0.275. The second-order valence-corrected chi connectivity index (χ2v) is 5.76. The van der Waals surface area contributed by atoms with Gasteiger partial charge in [-0.2, -0.15) is 0 Å². The van der Waals surface area contributed by atoms with E-state index in [1.807, 2.05) is 4.90 Å². The van der Waals surface area contributed by atoms with Crippen molar-refractivity contribution >= 4 is 21.8 Å². The van der Waals surface area contributed by atoms with Crippen LogP contribution in [-0.4, -0.2) is 37.0 Å². The largest absolute Gasteiger partial charge is 0.340 e. The van der Waals surface area contributed by atoms with Crippen LogP contribution in [0.4, 0.5) is 0 Å². The fourth-order valence-electron chi connectivity index (χ4n) is 2.36. The molecule has 3 nitrogen and oxygen atoms in total. The molecule has 1 heterocycles. The number of piperazine rings is 1. The van der Waals surface area contributed by atoms with Crippen molar-refractivity contribution in [3.8, 4) is 0 Å². The monoisotopic (exact) mass is 324 g/mol. The fourth-order valence-corrected chi connectivity index (χ4v) is 3.06. The molecule has 1 amide bonds. The van der Waals surface area contributed by atoms with Crippen LogP contribution in [0.5, 0.6) is 0 Å². The summed E-state index contributed by atoms with van der Waals surface area (Å²) in [4.78, 5) is 14.0. The number of hydrogen-bond acceptors (Lipinski definition) is 2. The van der Waals surface area contributed by atoms with Gasteiger partial charge in [0.05, 0.1) is 0 Å². The van der Waals surface area contributed by atoms with Crippen LogP contribution in [0.1, 0.15) is 24.5 Å². The Balaban J connectivity index is 1.87.